The van der Waals surface area contributed by atoms with Crippen molar-refractivity contribution < 1.29 is 9.53 Å². The zero-order valence-electron chi connectivity index (χ0n) is 21.2. The molecule has 1 saturated heterocycles. The van der Waals surface area contributed by atoms with Crippen molar-refractivity contribution in [3.63, 3.8) is 0 Å². The van der Waals surface area contributed by atoms with Crippen molar-refractivity contribution in [1.29, 1.82) is 0 Å². The molecule has 3 aromatic rings. The fourth-order valence-electron chi connectivity index (χ4n) is 5.27. The summed E-state index contributed by atoms with van der Waals surface area (Å²) in [5.41, 5.74) is 5.56. The van der Waals surface area contributed by atoms with Gasteiger partial charge in [0.05, 0.1) is 23.2 Å². The molecule has 2 aliphatic rings. The Morgan fingerprint density at radius 1 is 1.08 bits per heavy atom. The number of nitrogens with zero attached hydrogens (tertiary/aromatic N) is 2. The molecular weight excluding hydrogens is 454 g/mol. The average Bonchev–Trinajstić information content (AvgIpc) is 2.89. The Kier molecular flexibility index (Phi) is 7.13. The Morgan fingerprint density at radius 3 is 2.58 bits per heavy atom. The molecule has 3 heterocycles. The normalized spacial score (nSPS) is 15.9. The molecule has 2 aliphatic heterocycles. The number of rotatable bonds is 7. The van der Waals surface area contributed by atoms with Gasteiger partial charge in [-0.05, 0) is 68.7 Å². The third-order valence-electron chi connectivity index (χ3n) is 7.05. The predicted octanol–water partition coefficient (Wildman–Crippen LogP) is 3.36. The number of nitrogens with one attached hydrogen (secondary N) is 3. The number of H-pyrrole nitrogens is 1. The summed E-state index contributed by atoms with van der Waals surface area (Å²) in [5.74, 6) is 0.797. The third-order valence-corrected chi connectivity index (χ3v) is 7.05. The molecule has 0 aliphatic carbocycles. The van der Waals surface area contributed by atoms with Gasteiger partial charge in [-0.15, -0.1) is 0 Å². The van der Waals surface area contributed by atoms with E-state index in [1.165, 1.54) is 0 Å². The number of hydrogen-bond acceptors (Lipinski definition) is 6. The molecule has 8 nitrogen and oxygen atoms in total. The van der Waals surface area contributed by atoms with Crippen LogP contribution in [0.3, 0.4) is 0 Å². The summed E-state index contributed by atoms with van der Waals surface area (Å²) in [5, 5.41) is 7.27. The summed E-state index contributed by atoms with van der Waals surface area (Å²) >= 11 is 0. The first-order valence-corrected chi connectivity index (χ1v) is 13.0. The van der Waals surface area contributed by atoms with Crippen LogP contribution in [0.2, 0.25) is 0 Å². The van der Waals surface area contributed by atoms with E-state index in [4.69, 9.17) is 4.74 Å². The van der Waals surface area contributed by atoms with Crippen molar-refractivity contribution in [2.75, 3.05) is 56.1 Å². The Morgan fingerprint density at radius 2 is 1.86 bits per heavy atom. The van der Waals surface area contributed by atoms with E-state index in [9.17, 15) is 9.59 Å². The SMILES string of the molecule is CCNC(=O)c1ccc(N2CCN(Cc3cc(OCC)c4c5c(c(=O)[nH]c4c3)CCCN5)CC2)cc1. The van der Waals surface area contributed by atoms with E-state index in [0.29, 0.717) is 18.7 Å². The van der Waals surface area contributed by atoms with Crippen LogP contribution in [-0.2, 0) is 13.0 Å². The van der Waals surface area contributed by atoms with Crippen LogP contribution < -0.4 is 25.8 Å². The topological polar surface area (TPSA) is 89.7 Å². The number of carbonyl (C=O) groups is 1. The van der Waals surface area contributed by atoms with Gasteiger partial charge in [-0.2, -0.15) is 0 Å². The second kappa shape index (κ2) is 10.6. The van der Waals surface area contributed by atoms with Crippen LogP contribution in [0.1, 0.15) is 41.8 Å². The Bertz CT molecular complexity index is 1290. The van der Waals surface area contributed by atoms with Gasteiger partial charge in [-0.25, -0.2) is 0 Å². The number of piperazine rings is 1. The fraction of sp³-hybridized carbons (Fsp3) is 0.429. The zero-order chi connectivity index (χ0) is 25.1. The first-order chi connectivity index (χ1) is 17.6. The number of hydrogen-bond donors (Lipinski definition) is 3. The molecule has 0 saturated carbocycles. The number of amides is 1. The smallest absolute Gasteiger partial charge is 0.253 e. The average molecular weight is 490 g/mol. The van der Waals surface area contributed by atoms with Crippen molar-refractivity contribution >= 4 is 28.2 Å². The van der Waals surface area contributed by atoms with Gasteiger partial charge in [0, 0.05) is 62.6 Å². The van der Waals surface area contributed by atoms with Crippen LogP contribution >= 0.6 is 0 Å². The van der Waals surface area contributed by atoms with E-state index < -0.39 is 0 Å². The van der Waals surface area contributed by atoms with Gasteiger partial charge in [0.1, 0.15) is 5.75 Å². The van der Waals surface area contributed by atoms with Crippen LogP contribution in [0.5, 0.6) is 5.75 Å². The van der Waals surface area contributed by atoms with Crippen LogP contribution in [0.25, 0.3) is 10.9 Å². The molecule has 2 aromatic carbocycles. The van der Waals surface area contributed by atoms with Crippen LogP contribution in [-0.4, -0.2) is 61.7 Å². The summed E-state index contributed by atoms with van der Waals surface area (Å²) in [7, 11) is 0. The molecule has 1 aromatic heterocycles. The Balaban J connectivity index is 1.30. The predicted molar refractivity (Wildman–Crippen MR) is 144 cm³/mol. The third kappa shape index (κ3) is 4.91. The minimum atomic E-state index is -0.0340. The van der Waals surface area contributed by atoms with Crippen molar-refractivity contribution in [1.82, 2.24) is 15.2 Å². The van der Waals surface area contributed by atoms with E-state index in [1.807, 2.05) is 38.1 Å². The maximum atomic E-state index is 12.7. The molecular formula is C28H35N5O3. The lowest BCUT2D eigenvalue weighted by atomic mass is 9.99. The summed E-state index contributed by atoms with van der Waals surface area (Å²) in [6, 6.07) is 12.1. The van der Waals surface area contributed by atoms with Gasteiger partial charge >= 0.3 is 0 Å². The Labute approximate surface area is 211 Å². The second-order valence-electron chi connectivity index (χ2n) is 9.46. The summed E-state index contributed by atoms with van der Waals surface area (Å²) in [6.45, 7) is 10.5. The lowest BCUT2D eigenvalue weighted by Gasteiger charge is -2.36. The van der Waals surface area contributed by atoms with Gasteiger partial charge < -0.3 is 25.3 Å². The molecule has 0 unspecified atom stereocenters. The summed E-state index contributed by atoms with van der Waals surface area (Å²) in [6.07, 6.45) is 1.76. The van der Waals surface area contributed by atoms with Gasteiger partial charge in [0.15, 0.2) is 0 Å². The van der Waals surface area contributed by atoms with Gasteiger partial charge in [-0.1, -0.05) is 0 Å². The van der Waals surface area contributed by atoms with E-state index in [2.05, 4.69) is 37.6 Å². The minimum absolute atomic E-state index is 0.00360. The number of aromatic amines is 1. The highest BCUT2D eigenvalue weighted by atomic mass is 16.5. The number of carbonyl (C=O) groups excluding carboxylic acids is 1. The van der Waals surface area contributed by atoms with Crippen molar-refractivity contribution in [3.05, 3.63) is 63.4 Å². The standard InChI is InChI=1S/C28H35N5O3/c1-3-29-27(34)20-7-9-21(10-8-20)33-14-12-32(13-15-33)18-19-16-23-25(24(17-19)36-4-2)26-22(28(35)31-23)6-5-11-30-26/h7-10,16-17,30H,3-6,11-15,18H2,1-2H3,(H,29,34)(H,31,35). The second-order valence-corrected chi connectivity index (χ2v) is 9.46. The van der Waals surface area contributed by atoms with Crippen LogP contribution in [0.4, 0.5) is 11.4 Å². The zero-order valence-corrected chi connectivity index (χ0v) is 21.2. The van der Waals surface area contributed by atoms with Gasteiger partial charge in [0.25, 0.3) is 11.5 Å². The van der Waals surface area contributed by atoms with Crippen molar-refractivity contribution in [2.45, 2.75) is 33.2 Å². The number of fused-ring (bicyclic) bond motifs is 3. The lowest BCUT2D eigenvalue weighted by molar-refractivity contribution is 0.0956. The lowest BCUT2D eigenvalue weighted by Crippen LogP contribution is -2.46. The van der Waals surface area contributed by atoms with Gasteiger partial charge in [0.2, 0.25) is 0 Å². The quantitative estimate of drug-likeness (QED) is 0.472. The fourth-order valence-corrected chi connectivity index (χ4v) is 5.27. The van der Waals surface area contributed by atoms with Crippen molar-refractivity contribution in [2.24, 2.45) is 0 Å². The number of benzene rings is 2. The van der Waals surface area contributed by atoms with E-state index in [-0.39, 0.29) is 11.5 Å². The van der Waals surface area contributed by atoms with Crippen LogP contribution in [0, 0.1) is 0 Å². The number of anilines is 2. The van der Waals surface area contributed by atoms with E-state index >= 15 is 0 Å². The molecule has 1 fully saturated rings. The molecule has 1 amide bonds. The molecule has 0 radical (unpaired) electrons. The number of pyridine rings is 1. The van der Waals surface area contributed by atoms with Gasteiger partial charge in [-0.3, -0.25) is 14.5 Å². The molecule has 5 rings (SSSR count). The van der Waals surface area contributed by atoms with Crippen molar-refractivity contribution in [3.8, 4) is 5.75 Å². The molecule has 3 N–H and O–H groups in total. The monoisotopic (exact) mass is 489 g/mol. The highest BCUT2D eigenvalue weighted by Gasteiger charge is 2.22. The molecule has 0 atom stereocenters. The Hall–Kier alpha value is -3.52. The largest absolute Gasteiger partial charge is 0.493 e. The highest BCUT2D eigenvalue weighted by Crippen LogP contribution is 2.36. The van der Waals surface area contributed by atoms with E-state index in [0.717, 1.165) is 91.3 Å². The maximum absolute atomic E-state index is 12.7. The molecule has 0 spiro atoms. The number of aromatic nitrogens is 1. The first-order valence-electron chi connectivity index (χ1n) is 13.0. The molecule has 36 heavy (non-hydrogen) atoms. The highest BCUT2D eigenvalue weighted by molar-refractivity contribution is 5.98. The summed E-state index contributed by atoms with van der Waals surface area (Å²) < 4.78 is 6.05. The molecule has 8 heteroatoms. The first kappa shape index (κ1) is 24.2. The van der Waals surface area contributed by atoms with Crippen LogP contribution in [0.15, 0.2) is 41.2 Å². The minimum Gasteiger partial charge on any atom is -0.493 e. The molecule has 190 valence electrons. The maximum Gasteiger partial charge on any atom is 0.253 e. The number of ether oxygens (including phenoxy) is 1. The molecule has 0 bridgehead atoms. The van der Waals surface area contributed by atoms with E-state index in [1.54, 1.807) is 0 Å². The summed E-state index contributed by atoms with van der Waals surface area (Å²) in [4.78, 5) is 32.7.